The molecule has 0 heterocycles. The van der Waals surface area contributed by atoms with Crippen LogP contribution in [0.2, 0.25) is 0 Å². The average Bonchev–Trinajstić information content (AvgIpc) is 1.93. The summed E-state index contributed by atoms with van der Waals surface area (Å²) in [5.74, 6) is 0. The van der Waals surface area contributed by atoms with E-state index in [1.54, 1.807) is 0 Å². The normalized spacial score (nSPS) is 6.00. The largest absolute Gasteiger partial charge is 0.0776 e. The minimum Gasteiger partial charge on any atom is -0.0776 e. The Hall–Kier alpha value is 0. The molecule has 0 amide bonds. The molecular weight excluding hydrogens is 168 g/mol. The van der Waals surface area contributed by atoms with Gasteiger partial charge in [-0.15, -0.1) is 0 Å². The van der Waals surface area contributed by atoms with E-state index in [4.69, 9.17) is 0 Å². The second-order valence-corrected chi connectivity index (χ2v) is 2.71. The summed E-state index contributed by atoms with van der Waals surface area (Å²) >= 11 is 0. The Morgan fingerprint density at radius 3 is 0.571 bits per heavy atom. The van der Waals surface area contributed by atoms with E-state index in [1.807, 2.05) is 0 Å². The number of unbranched alkanes of at least 4 members (excludes halogenated alkanes) is 4. The molecule has 0 atom stereocenters. The number of hydrogen-bond donors (Lipinski definition) is 0. The highest BCUT2D eigenvalue weighted by Gasteiger charge is 1.68. The van der Waals surface area contributed by atoms with E-state index in [0.29, 0.717) is 0 Å². The summed E-state index contributed by atoms with van der Waals surface area (Å²) in [5.41, 5.74) is 0. The van der Waals surface area contributed by atoms with Gasteiger partial charge in [0.15, 0.2) is 0 Å². The fourth-order valence-corrected chi connectivity index (χ4v) is 0.707. The van der Waals surface area contributed by atoms with E-state index < -0.39 is 0 Å². The molecule has 96 valence electrons. The molecule has 0 radical (unpaired) electrons. The lowest BCUT2D eigenvalue weighted by molar-refractivity contribution is 0.772. The van der Waals surface area contributed by atoms with Crippen LogP contribution in [0.5, 0.6) is 0 Å². The van der Waals surface area contributed by atoms with Crippen LogP contribution in [0, 0.1) is 0 Å². The summed E-state index contributed by atoms with van der Waals surface area (Å²) < 4.78 is 0. The fraction of sp³-hybridized carbons (Fsp3) is 1.00. The first kappa shape index (κ1) is 37.0. The van der Waals surface area contributed by atoms with Crippen LogP contribution < -0.4 is 0 Å². The standard InChI is InChI=1S/2C5H12.4CH4/c2*1-3-5-4-2;;;;/h2*3-5H2,1-2H3;4*1H4. The van der Waals surface area contributed by atoms with E-state index in [9.17, 15) is 0 Å². The Bertz CT molecular complexity index is 21.0. The SMILES string of the molecule is C.C.C.C.CCCCC.CCCCC. The first-order chi connectivity index (χ1) is 4.83. The minimum atomic E-state index is 0. The third-order valence-electron chi connectivity index (χ3n) is 1.41. The van der Waals surface area contributed by atoms with E-state index in [0.717, 1.165) is 0 Å². The quantitative estimate of drug-likeness (QED) is 0.469. The third-order valence-corrected chi connectivity index (χ3v) is 1.41. The predicted molar refractivity (Wildman–Crippen MR) is 77.3 cm³/mol. The molecule has 0 aromatic rings. The van der Waals surface area contributed by atoms with Gasteiger partial charge in [-0.1, -0.05) is 95.9 Å². The number of rotatable bonds is 4. The molecule has 0 bridgehead atoms. The topological polar surface area (TPSA) is 0 Å². The lowest BCUT2D eigenvalue weighted by Crippen LogP contribution is -1.59. The highest BCUT2D eigenvalue weighted by molar-refractivity contribution is 4.24. The Balaban J connectivity index is -0.0000000178. The lowest BCUT2D eigenvalue weighted by atomic mass is 10.3. The molecule has 0 saturated carbocycles. The van der Waals surface area contributed by atoms with Crippen LogP contribution in [0.25, 0.3) is 0 Å². The van der Waals surface area contributed by atoms with Crippen molar-refractivity contribution in [1.82, 2.24) is 0 Å². The third kappa shape index (κ3) is 90.8. The van der Waals surface area contributed by atoms with Crippen molar-refractivity contribution >= 4 is 0 Å². The zero-order chi connectivity index (χ0) is 8.24. The Morgan fingerprint density at radius 1 is 0.429 bits per heavy atom. The van der Waals surface area contributed by atoms with Crippen LogP contribution in [0.4, 0.5) is 0 Å². The molecular formula is C14H40. The van der Waals surface area contributed by atoms with Crippen LogP contribution >= 0.6 is 0 Å². The monoisotopic (exact) mass is 208 g/mol. The van der Waals surface area contributed by atoms with E-state index >= 15 is 0 Å². The van der Waals surface area contributed by atoms with Crippen molar-refractivity contribution in [3.63, 3.8) is 0 Å². The molecule has 0 aromatic carbocycles. The molecule has 0 aliphatic rings. The molecule has 14 heavy (non-hydrogen) atoms. The highest BCUT2D eigenvalue weighted by Crippen LogP contribution is 1.88. The van der Waals surface area contributed by atoms with Gasteiger partial charge in [0.1, 0.15) is 0 Å². The van der Waals surface area contributed by atoms with Crippen molar-refractivity contribution in [2.24, 2.45) is 0 Å². The van der Waals surface area contributed by atoms with Crippen LogP contribution in [0.1, 0.15) is 95.9 Å². The van der Waals surface area contributed by atoms with Gasteiger partial charge >= 0.3 is 0 Å². The molecule has 0 aliphatic heterocycles. The molecule has 0 aliphatic carbocycles. The van der Waals surface area contributed by atoms with Crippen molar-refractivity contribution in [3.05, 3.63) is 0 Å². The molecule has 0 fully saturated rings. The van der Waals surface area contributed by atoms with Crippen LogP contribution in [0.3, 0.4) is 0 Å². The Kier molecular flexibility index (Phi) is 137. The molecule has 0 rings (SSSR count). The van der Waals surface area contributed by atoms with Gasteiger partial charge in [0.25, 0.3) is 0 Å². The summed E-state index contributed by atoms with van der Waals surface area (Å²) in [7, 11) is 0. The van der Waals surface area contributed by atoms with E-state index in [1.165, 1.54) is 38.5 Å². The van der Waals surface area contributed by atoms with Crippen molar-refractivity contribution in [2.75, 3.05) is 0 Å². The zero-order valence-corrected chi connectivity index (χ0v) is 8.24. The molecule has 0 unspecified atom stereocenters. The second-order valence-electron chi connectivity index (χ2n) is 2.71. The van der Waals surface area contributed by atoms with Gasteiger partial charge in [-0.3, -0.25) is 0 Å². The second kappa shape index (κ2) is 52.0. The fourth-order valence-electron chi connectivity index (χ4n) is 0.707. The van der Waals surface area contributed by atoms with Gasteiger partial charge in [0.05, 0.1) is 0 Å². The maximum absolute atomic E-state index is 2.21. The summed E-state index contributed by atoms with van der Waals surface area (Å²) in [6.07, 6.45) is 8.15. The van der Waals surface area contributed by atoms with Gasteiger partial charge in [0, 0.05) is 0 Å². The molecule has 0 spiro atoms. The summed E-state index contributed by atoms with van der Waals surface area (Å²) in [5, 5.41) is 0. The molecule has 0 N–H and O–H groups in total. The summed E-state index contributed by atoms with van der Waals surface area (Å²) in [4.78, 5) is 0. The average molecular weight is 208 g/mol. The van der Waals surface area contributed by atoms with Crippen molar-refractivity contribution < 1.29 is 0 Å². The summed E-state index contributed by atoms with van der Waals surface area (Å²) in [6, 6.07) is 0. The molecule has 0 saturated heterocycles. The molecule has 0 nitrogen and oxygen atoms in total. The van der Waals surface area contributed by atoms with Crippen molar-refractivity contribution in [3.8, 4) is 0 Å². The molecule has 0 aromatic heterocycles. The smallest absolute Gasteiger partial charge is 0.0538 e. The van der Waals surface area contributed by atoms with E-state index in [-0.39, 0.29) is 29.7 Å². The van der Waals surface area contributed by atoms with Gasteiger partial charge in [0.2, 0.25) is 0 Å². The van der Waals surface area contributed by atoms with Gasteiger partial charge in [-0.05, 0) is 0 Å². The van der Waals surface area contributed by atoms with Gasteiger partial charge in [-0.25, -0.2) is 0 Å². The lowest BCUT2D eigenvalue weighted by Gasteiger charge is -1.79. The highest BCUT2D eigenvalue weighted by atomic mass is 13.7. The first-order valence-corrected chi connectivity index (χ1v) is 4.83. The maximum atomic E-state index is 2.21. The van der Waals surface area contributed by atoms with Crippen molar-refractivity contribution in [1.29, 1.82) is 0 Å². The number of hydrogen-bond acceptors (Lipinski definition) is 0. The van der Waals surface area contributed by atoms with Crippen LogP contribution in [-0.4, -0.2) is 0 Å². The maximum Gasteiger partial charge on any atom is -0.0538 e. The first-order valence-electron chi connectivity index (χ1n) is 4.83. The van der Waals surface area contributed by atoms with E-state index in [2.05, 4.69) is 27.7 Å². The van der Waals surface area contributed by atoms with Gasteiger partial charge in [-0.2, -0.15) is 0 Å². The predicted octanol–water partition coefficient (Wildman–Crippen LogP) is 6.94. The van der Waals surface area contributed by atoms with Crippen LogP contribution in [-0.2, 0) is 0 Å². The zero-order valence-electron chi connectivity index (χ0n) is 8.24. The van der Waals surface area contributed by atoms with Gasteiger partial charge < -0.3 is 0 Å². The Morgan fingerprint density at radius 2 is 0.571 bits per heavy atom. The van der Waals surface area contributed by atoms with Crippen LogP contribution in [0.15, 0.2) is 0 Å². The Labute approximate surface area is 96.5 Å². The minimum absolute atomic E-state index is 0. The van der Waals surface area contributed by atoms with Crippen molar-refractivity contribution in [2.45, 2.75) is 95.9 Å². The molecule has 0 heteroatoms. The summed E-state index contributed by atoms with van der Waals surface area (Å²) in [6.45, 7) is 8.85.